The first kappa shape index (κ1) is 19.4. The zero-order valence-corrected chi connectivity index (χ0v) is 16.4. The number of benzene rings is 1. The van der Waals surface area contributed by atoms with Crippen molar-refractivity contribution in [1.82, 2.24) is 9.88 Å². The van der Waals surface area contributed by atoms with Crippen molar-refractivity contribution in [3.8, 4) is 23.1 Å². The summed E-state index contributed by atoms with van der Waals surface area (Å²) in [7, 11) is 1.59. The molecule has 6 nitrogen and oxygen atoms in total. The number of amides is 2. The fourth-order valence-electron chi connectivity index (χ4n) is 2.53. The number of furan rings is 1. The van der Waals surface area contributed by atoms with Crippen LogP contribution in [0.4, 0.5) is 5.69 Å². The van der Waals surface area contributed by atoms with Crippen molar-refractivity contribution in [3.05, 3.63) is 58.8 Å². The Morgan fingerprint density at radius 3 is 2.86 bits per heavy atom. The summed E-state index contributed by atoms with van der Waals surface area (Å²) in [5, 5.41) is 5.29. The van der Waals surface area contributed by atoms with E-state index in [0.29, 0.717) is 22.7 Å². The second-order valence-corrected chi connectivity index (χ2v) is 7.11. The topological polar surface area (TPSA) is 75.4 Å². The molecule has 3 rings (SSSR count). The molecule has 0 saturated carbocycles. The minimum absolute atomic E-state index is 0.0620. The van der Waals surface area contributed by atoms with Gasteiger partial charge in [0.2, 0.25) is 11.8 Å². The maximum absolute atomic E-state index is 12.4. The van der Waals surface area contributed by atoms with Gasteiger partial charge in [0.15, 0.2) is 10.8 Å². The average Bonchev–Trinajstić information content (AvgIpc) is 3.30. The van der Waals surface area contributed by atoms with Gasteiger partial charge in [-0.3, -0.25) is 9.59 Å². The molecule has 1 N–H and O–H groups in total. The third-order valence-corrected chi connectivity index (χ3v) is 4.86. The summed E-state index contributed by atoms with van der Waals surface area (Å²) in [6, 6.07) is 10.7. The summed E-state index contributed by atoms with van der Waals surface area (Å²) in [5.41, 5.74) is 1.92. The molecule has 0 aliphatic heterocycles. The number of anilines is 1. The number of hydrogen-bond donors (Lipinski definition) is 1. The summed E-state index contributed by atoms with van der Waals surface area (Å²) >= 11 is 1.42. The van der Waals surface area contributed by atoms with E-state index in [-0.39, 0.29) is 24.8 Å². The summed E-state index contributed by atoms with van der Waals surface area (Å²) in [4.78, 5) is 30.4. The van der Waals surface area contributed by atoms with Gasteiger partial charge in [-0.05, 0) is 37.3 Å². The molecule has 7 heteroatoms. The zero-order chi connectivity index (χ0) is 20.1. The maximum atomic E-state index is 12.4. The van der Waals surface area contributed by atoms with Crippen molar-refractivity contribution < 1.29 is 14.0 Å². The van der Waals surface area contributed by atoms with E-state index in [2.05, 4.69) is 16.2 Å². The van der Waals surface area contributed by atoms with E-state index in [1.807, 2.05) is 24.4 Å². The van der Waals surface area contributed by atoms with Gasteiger partial charge in [0, 0.05) is 23.7 Å². The van der Waals surface area contributed by atoms with Crippen molar-refractivity contribution in [2.75, 3.05) is 18.9 Å². The van der Waals surface area contributed by atoms with Crippen LogP contribution in [-0.2, 0) is 16.0 Å². The van der Waals surface area contributed by atoms with Crippen LogP contribution < -0.4 is 5.32 Å². The minimum Gasteiger partial charge on any atom is -0.459 e. The van der Waals surface area contributed by atoms with Crippen molar-refractivity contribution in [2.24, 2.45) is 0 Å². The van der Waals surface area contributed by atoms with Crippen molar-refractivity contribution in [1.29, 1.82) is 0 Å². The number of nitrogens with zero attached hydrogens (tertiary/aromatic N) is 2. The number of carbonyl (C=O) groups is 2. The average molecular weight is 393 g/mol. The van der Waals surface area contributed by atoms with Crippen LogP contribution in [0.5, 0.6) is 0 Å². The largest absolute Gasteiger partial charge is 0.459 e. The van der Waals surface area contributed by atoms with Crippen LogP contribution in [-0.4, -0.2) is 35.3 Å². The lowest BCUT2D eigenvalue weighted by Crippen LogP contribution is -2.35. The standard InChI is InChI=1S/C21H19N3O3S/c1-4-15-6-5-7-16(10-15)22-19(25)12-24(3)20(26)11-17-13-28-21(23-17)18-9-8-14(2)27-18/h1,5-10,13H,11-12H2,2-3H3,(H,22,25). The first-order valence-corrected chi connectivity index (χ1v) is 9.44. The molecule has 2 heterocycles. The molecule has 0 unspecified atom stereocenters. The predicted octanol–water partition coefficient (Wildman–Crippen LogP) is 3.33. The Labute approximate surface area is 167 Å². The van der Waals surface area contributed by atoms with Gasteiger partial charge in [-0.2, -0.15) is 0 Å². The van der Waals surface area contributed by atoms with E-state index < -0.39 is 0 Å². The SMILES string of the molecule is C#Cc1cccc(NC(=O)CN(C)C(=O)Cc2csc(-c3ccc(C)o3)n2)c1. The molecule has 3 aromatic rings. The van der Waals surface area contributed by atoms with Gasteiger partial charge in [-0.25, -0.2) is 4.98 Å². The van der Waals surface area contributed by atoms with Gasteiger partial charge in [0.25, 0.3) is 0 Å². The predicted molar refractivity (Wildman–Crippen MR) is 109 cm³/mol. The quantitative estimate of drug-likeness (QED) is 0.652. The Morgan fingerprint density at radius 2 is 2.14 bits per heavy atom. The number of rotatable bonds is 6. The number of nitrogens with one attached hydrogen (secondary N) is 1. The molecule has 0 aliphatic carbocycles. The van der Waals surface area contributed by atoms with E-state index >= 15 is 0 Å². The molecule has 2 aromatic heterocycles. The Morgan fingerprint density at radius 1 is 1.32 bits per heavy atom. The second kappa shape index (κ2) is 8.55. The molecule has 0 saturated heterocycles. The van der Waals surface area contributed by atoms with E-state index in [9.17, 15) is 9.59 Å². The lowest BCUT2D eigenvalue weighted by Gasteiger charge is -2.16. The van der Waals surface area contributed by atoms with E-state index in [1.165, 1.54) is 16.2 Å². The molecular formula is C21H19N3O3S. The summed E-state index contributed by atoms with van der Waals surface area (Å²) < 4.78 is 5.55. The van der Waals surface area contributed by atoms with Crippen molar-refractivity contribution in [2.45, 2.75) is 13.3 Å². The molecule has 1 aromatic carbocycles. The van der Waals surface area contributed by atoms with E-state index in [1.54, 1.807) is 31.3 Å². The Balaban J connectivity index is 1.55. The molecule has 0 aliphatic rings. The van der Waals surface area contributed by atoms with Crippen LogP contribution in [0, 0.1) is 19.3 Å². The second-order valence-electron chi connectivity index (χ2n) is 6.25. The monoisotopic (exact) mass is 393 g/mol. The van der Waals surface area contributed by atoms with Crippen LogP contribution in [0.15, 0.2) is 46.2 Å². The molecule has 0 radical (unpaired) electrons. The number of likely N-dealkylation sites (N-methyl/N-ethyl adjacent to an activating group) is 1. The van der Waals surface area contributed by atoms with Crippen molar-refractivity contribution in [3.63, 3.8) is 0 Å². The van der Waals surface area contributed by atoms with Crippen LogP contribution in [0.1, 0.15) is 17.0 Å². The molecular weight excluding hydrogens is 374 g/mol. The number of carbonyl (C=O) groups excluding carboxylic acids is 2. The lowest BCUT2D eigenvalue weighted by atomic mass is 10.2. The summed E-state index contributed by atoms with van der Waals surface area (Å²) in [6.07, 6.45) is 5.47. The number of hydrogen-bond acceptors (Lipinski definition) is 5. The smallest absolute Gasteiger partial charge is 0.243 e. The van der Waals surface area contributed by atoms with Crippen LogP contribution in [0.3, 0.4) is 0 Å². The first-order chi connectivity index (χ1) is 13.4. The normalized spacial score (nSPS) is 10.3. The van der Waals surface area contributed by atoms with Crippen molar-refractivity contribution >= 4 is 28.8 Å². The third-order valence-electron chi connectivity index (χ3n) is 3.95. The van der Waals surface area contributed by atoms with E-state index in [0.717, 1.165) is 10.8 Å². The number of thiazole rings is 1. The highest BCUT2D eigenvalue weighted by molar-refractivity contribution is 7.13. The molecule has 2 amide bonds. The van der Waals surface area contributed by atoms with Crippen LogP contribution in [0.2, 0.25) is 0 Å². The van der Waals surface area contributed by atoms with Gasteiger partial charge in [-0.15, -0.1) is 17.8 Å². The fourth-order valence-corrected chi connectivity index (χ4v) is 3.31. The Bertz CT molecular complexity index is 1050. The third kappa shape index (κ3) is 4.87. The van der Waals surface area contributed by atoms with E-state index in [4.69, 9.17) is 10.8 Å². The molecule has 0 fully saturated rings. The van der Waals surface area contributed by atoms with Gasteiger partial charge in [0.05, 0.1) is 18.7 Å². The number of aromatic nitrogens is 1. The van der Waals surface area contributed by atoms with Gasteiger partial charge >= 0.3 is 0 Å². The zero-order valence-electron chi connectivity index (χ0n) is 15.6. The molecule has 0 spiro atoms. The van der Waals surface area contributed by atoms with Gasteiger partial charge in [0.1, 0.15) is 5.76 Å². The van der Waals surface area contributed by atoms with Gasteiger partial charge in [-0.1, -0.05) is 12.0 Å². The molecule has 28 heavy (non-hydrogen) atoms. The molecule has 0 bridgehead atoms. The fraction of sp³-hybridized carbons (Fsp3) is 0.190. The highest BCUT2D eigenvalue weighted by Gasteiger charge is 2.16. The highest BCUT2D eigenvalue weighted by atomic mass is 32.1. The number of aryl methyl sites for hydroxylation is 1. The molecule has 142 valence electrons. The Hall–Kier alpha value is -3.37. The summed E-state index contributed by atoms with van der Waals surface area (Å²) in [6.45, 7) is 1.80. The highest BCUT2D eigenvalue weighted by Crippen LogP contribution is 2.25. The summed E-state index contributed by atoms with van der Waals surface area (Å²) in [5.74, 6) is 3.51. The first-order valence-electron chi connectivity index (χ1n) is 8.56. The number of terminal acetylenes is 1. The lowest BCUT2D eigenvalue weighted by molar-refractivity contribution is -0.132. The van der Waals surface area contributed by atoms with Gasteiger partial charge < -0.3 is 14.6 Å². The maximum Gasteiger partial charge on any atom is 0.243 e. The Kier molecular flexibility index (Phi) is 5.92. The molecule has 0 atom stereocenters. The van der Waals surface area contributed by atoms with Crippen LogP contribution >= 0.6 is 11.3 Å². The minimum atomic E-state index is -0.296. The van der Waals surface area contributed by atoms with Crippen LogP contribution in [0.25, 0.3) is 10.8 Å².